The third kappa shape index (κ3) is 4.49. The number of benzene rings is 2. The van der Waals surface area contributed by atoms with E-state index in [9.17, 15) is 9.59 Å². The van der Waals surface area contributed by atoms with E-state index in [0.717, 1.165) is 29.4 Å². The quantitative estimate of drug-likeness (QED) is 0.623. The summed E-state index contributed by atoms with van der Waals surface area (Å²) < 4.78 is 10.8. The summed E-state index contributed by atoms with van der Waals surface area (Å²) in [5.41, 5.74) is 2.45. The molecule has 0 bridgehead atoms. The first-order chi connectivity index (χ1) is 13.0. The van der Waals surface area contributed by atoms with Crippen LogP contribution in [-0.4, -0.2) is 12.5 Å². The van der Waals surface area contributed by atoms with Crippen LogP contribution in [0.15, 0.2) is 51.7 Å². The molecule has 0 aliphatic rings. The van der Waals surface area contributed by atoms with Crippen molar-refractivity contribution < 1.29 is 13.9 Å². The predicted octanol–water partition coefficient (Wildman–Crippen LogP) is 4.72. The van der Waals surface area contributed by atoms with Crippen LogP contribution in [0.1, 0.15) is 24.5 Å². The lowest BCUT2D eigenvalue weighted by atomic mass is 10.1. The van der Waals surface area contributed by atoms with Crippen LogP contribution in [-0.2, 0) is 11.2 Å². The van der Waals surface area contributed by atoms with E-state index in [2.05, 4.69) is 12.2 Å². The number of hydrogen-bond donors (Lipinski definition) is 1. The first kappa shape index (κ1) is 19.0. The molecule has 1 heterocycles. The van der Waals surface area contributed by atoms with Crippen molar-refractivity contribution in [3.05, 3.63) is 69.0 Å². The SMILES string of the molecule is CCCc1cc(=O)oc2cc(OCC(=O)Nc3cccc(Cl)c3C)ccc12. The van der Waals surface area contributed by atoms with E-state index in [-0.39, 0.29) is 12.5 Å². The molecule has 0 aliphatic heterocycles. The van der Waals surface area contributed by atoms with Crippen molar-refractivity contribution in [1.82, 2.24) is 0 Å². The fourth-order valence-corrected chi connectivity index (χ4v) is 3.03. The van der Waals surface area contributed by atoms with Gasteiger partial charge in [-0.15, -0.1) is 0 Å². The van der Waals surface area contributed by atoms with E-state index >= 15 is 0 Å². The zero-order chi connectivity index (χ0) is 19.4. The molecule has 1 N–H and O–H groups in total. The average molecular weight is 386 g/mol. The Morgan fingerprint density at radius 3 is 2.81 bits per heavy atom. The lowest BCUT2D eigenvalue weighted by Crippen LogP contribution is -2.20. The smallest absolute Gasteiger partial charge is 0.336 e. The van der Waals surface area contributed by atoms with Gasteiger partial charge in [0.25, 0.3) is 5.91 Å². The molecular formula is C21H20ClNO4. The van der Waals surface area contributed by atoms with Gasteiger partial charge < -0.3 is 14.5 Å². The molecule has 0 spiro atoms. The van der Waals surface area contributed by atoms with Crippen LogP contribution in [0.5, 0.6) is 5.75 Å². The molecule has 0 aliphatic carbocycles. The number of nitrogens with one attached hydrogen (secondary N) is 1. The van der Waals surface area contributed by atoms with Gasteiger partial charge in [0.2, 0.25) is 0 Å². The fraction of sp³-hybridized carbons (Fsp3) is 0.238. The Hall–Kier alpha value is -2.79. The van der Waals surface area contributed by atoms with Crippen LogP contribution in [0.4, 0.5) is 5.69 Å². The molecule has 0 saturated heterocycles. The molecule has 2 aromatic carbocycles. The molecule has 3 rings (SSSR count). The summed E-state index contributed by atoms with van der Waals surface area (Å²) in [6.07, 6.45) is 1.73. The van der Waals surface area contributed by atoms with Gasteiger partial charge in [0.1, 0.15) is 11.3 Å². The minimum absolute atomic E-state index is 0.170. The number of rotatable bonds is 6. The maximum absolute atomic E-state index is 12.2. The van der Waals surface area contributed by atoms with Gasteiger partial charge in [-0.25, -0.2) is 4.79 Å². The zero-order valence-corrected chi connectivity index (χ0v) is 15.9. The largest absolute Gasteiger partial charge is 0.484 e. The topological polar surface area (TPSA) is 68.5 Å². The number of carbonyl (C=O) groups is 1. The van der Waals surface area contributed by atoms with Crippen LogP contribution < -0.4 is 15.7 Å². The van der Waals surface area contributed by atoms with Crippen LogP contribution in [0, 0.1) is 6.92 Å². The van der Waals surface area contributed by atoms with Crippen LogP contribution in [0.25, 0.3) is 11.0 Å². The maximum Gasteiger partial charge on any atom is 0.336 e. The molecule has 1 amide bonds. The minimum atomic E-state index is -0.391. The van der Waals surface area contributed by atoms with Gasteiger partial charge in [0.15, 0.2) is 6.61 Å². The molecule has 0 saturated carbocycles. The lowest BCUT2D eigenvalue weighted by Gasteiger charge is -2.11. The van der Waals surface area contributed by atoms with Crippen molar-refractivity contribution >= 4 is 34.2 Å². The van der Waals surface area contributed by atoms with Crippen LogP contribution in [0.3, 0.4) is 0 Å². The highest BCUT2D eigenvalue weighted by Gasteiger charge is 2.10. The Balaban J connectivity index is 1.72. The molecule has 27 heavy (non-hydrogen) atoms. The molecule has 0 atom stereocenters. The van der Waals surface area contributed by atoms with Gasteiger partial charge in [-0.1, -0.05) is 31.0 Å². The second-order valence-corrected chi connectivity index (χ2v) is 6.66. The molecule has 0 radical (unpaired) electrons. The number of hydrogen-bond acceptors (Lipinski definition) is 4. The van der Waals surface area contributed by atoms with E-state index in [4.69, 9.17) is 20.8 Å². The van der Waals surface area contributed by atoms with E-state index < -0.39 is 5.63 Å². The first-order valence-corrected chi connectivity index (χ1v) is 9.10. The second-order valence-electron chi connectivity index (χ2n) is 6.25. The van der Waals surface area contributed by atoms with Gasteiger partial charge in [-0.3, -0.25) is 4.79 Å². The Morgan fingerprint density at radius 1 is 1.22 bits per heavy atom. The Bertz CT molecular complexity index is 1040. The Labute approximate surface area is 161 Å². The molecule has 6 heteroatoms. The summed E-state index contributed by atoms with van der Waals surface area (Å²) in [6, 6.07) is 12.1. The van der Waals surface area contributed by atoms with E-state index in [1.165, 1.54) is 6.07 Å². The van der Waals surface area contributed by atoms with Crippen molar-refractivity contribution in [2.45, 2.75) is 26.7 Å². The Morgan fingerprint density at radius 2 is 2.04 bits per heavy atom. The van der Waals surface area contributed by atoms with Gasteiger partial charge in [-0.05, 0) is 48.7 Å². The van der Waals surface area contributed by atoms with Crippen LogP contribution >= 0.6 is 11.6 Å². The fourth-order valence-electron chi connectivity index (χ4n) is 2.85. The summed E-state index contributed by atoms with van der Waals surface area (Å²) in [5, 5.41) is 4.23. The number of aryl methyl sites for hydroxylation is 1. The molecule has 5 nitrogen and oxygen atoms in total. The Kier molecular flexibility index (Phi) is 5.81. The average Bonchev–Trinajstić information content (AvgIpc) is 2.63. The highest BCUT2D eigenvalue weighted by Crippen LogP contribution is 2.24. The summed E-state index contributed by atoms with van der Waals surface area (Å²) in [6.45, 7) is 3.71. The van der Waals surface area contributed by atoms with Crippen molar-refractivity contribution in [3.63, 3.8) is 0 Å². The summed E-state index contributed by atoms with van der Waals surface area (Å²) >= 11 is 6.06. The molecule has 0 fully saturated rings. The molecule has 140 valence electrons. The zero-order valence-electron chi connectivity index (χ0n) is 15.2. The maximum atomic E-state index is 12.2. The lowest BCUT2D eigenvalue weighted by molar-refractivity contribution is -0.118. The third-order valence-electron chi connectivity index (χ3n) is 4.23. The first-order valence-electron chi connectivity index (χ1n) is 8.72. The number of fused-ring (bicyclic) bond motifs is 1. The summed E-state index contributed by atoms with van der Waals surface area (Å²) in [4.78, 5) is 23.9. The molecular weight excluding hydrogens is 366 g/mol. The monoisotopic (exact) mass is 385 g/mol. The van der Waals surface area contributed by atoms with Crippen molar-refractivity contribution in [2.24, 2.45) is 0 Å². The van der Waals surface area contributed by atoms with Gasteiger partial charge in [0, 0.05) is 28.2 Å². The second kappa shape index (κ2) is 8.27. The van der Waals surface area contributed by atoms with Gasteiger partial charge >= 0.3 is 5.63 Å². The van der Waals surface area contributed by atoms with E-state index in [0.29, 0.717) is 22.0 Å². The number of ether oxygens (including phenoxy) is 1. The van der Waals surface area contributed by atoms with Gasteiger partial charge in [0.05, 0.1) is 0 Å². The van der Waals surface area contributed by atoms with E-state index in [1.54, 1.807) is 30.3 Å². The molecule has 1 aromatic heterocycles. The standard InChI is InChI=1S/C21H20ClNO4/c1-3-5-14-10-21(25)27-19-11-15(8-9-16(14)19)26-12-20(24)23-18-7-4-6-17(22)13(18)2/h4,6-11H,3,5,12H2,1-2H3,(H,23,24). The van der Waals surface area contributed by atoms with Crippen molar-refractivity contribution in [3.8, 4) is 5.75 Å². The molecule has 3 aromatic rings. The number of anilines is 1. The molecule has 0 unspecified atom stereocenters. The summed E-state index contributed by atoms with van der Waals surface area (Å²) in [5.74, 6) is 0.152. The normalized spacial score (nSPS) is 10.8. The van der Waals surface area contributed by atoms with Crippen molar-refractivity contribution in [1.29, 1.82) is 0 Å². The van der Waals surface area contributed by atoms with E-state index in [1.807, 2.05) is 13.0 Å². The van der Waals surface area contributed by atoms with Gasteiger partial charge in [-0.2, -0.15) is 0 Å². The summed E-state index contributed by atoms with van der Waals surface area (Å²) in [7, 11) is 0. The predicted molar refractivity (Wildman–Crippen MR) is 107 cm³/mol. The van der Waals surface area contributed by atoms with Crippen LogP contribution in [0.2, 0.25) is 5.02 Å². The third-order valence-corrected chi connectivity index (χ3v) is 4.64. The minimum Gasteiger partial charge on any atom is -0.484 e. The van der Waals surface area contributed by atoms with Crippen molar-refractivity contribution in [2.75, 3.05) is 11.9 Å². The highest BCUT2D eigenvalue weighted by molar-refractivity contribution is 6.31. The number of halogens is 1. The number of carbonyl (C=O) groups excluding carboxylic acids is 1. The number of amides is 1. The highest BCUT2D eigenvalue weighted by atomic mass is 35.5.